The molecule has 0 unspecified atom stereocenters. The van der Waals surface area contributed by atoms with Crippen LogP contribution >= 0.6 is 0 Å². The van der Waals surface area contributed by atoms with E-state index >= 15 is 0 Å². The van der Waals surface area contributed by atoms with Crippen LogP contribution < -0.4 is 9.62 Å². The van der Waals surface area contributed by atoms with E-state index < -0.39 is 21.7 Å². The number of aryl methyl sites for hydroxylation is 2. The Bertz CT molecular complexity index is 2260. The summed E-state index contributed by atoms with van der Waals surface area (Å²) in [6.07, 6.45) is 1.60. The lowest BCUT2D eigenvalue weighted by atomic mass is 10.0. The third-order valence-electron chi connectivity index (χ3n) is 7.91. The summed E-state index contributed by atoms with van der Waals surface area (Å²) in [6, 6.07) is 15.5. The van der Waals surface area contributed by atoms with Crippen LogP contribution in [0.15, 0.2) is 65.1 Å². The third-order valence-corrected chi connectivity index (χ3v) is 9.07. The second-order valence-electron chi connectivity index (χ2n) is 10.5. The minimum atomic E-state index is -3.81. The SMILES string of the molecule is CNC(=O)c1c(-c2ccc(F)cc2)oc2nc(N(C)S(C)(=O)=O)c(-c3cc4c(nn3)CCn3c-4cc4c(F)cccc43)cc12. The number of benzene rings is 2. The summed E-state index contributed by atoms with van der Waals surface area (Å²) < 4.78 is 62.9. The largest absolute Gasteiger partial charge is 0.437 e. The Hall–Kier alpha value is -5.17. The van der Waals surface area contributed by atoms with Crippen LogP contribution in [-0.2, 0) is 23.0 Å². The van der Waals surface area contributed by atoms with Crippen molar-refractivity contribution in [2.45, 2.75) is 13.0 Å². The van der Waals surface area contributed by atoms with Crippen LogP contribution in [0.3, 0.4) is 0 Å². The molecule has 10 nitrogen and oxygen atoms in total. The molecule has 0 spiro atoms. The van der Waals surface area contributed by atoms with Crippen molar-refractivity contribution in [3.8, 4) is 33.8 Å². The number of sulfonamides is 1. The number of anilines is 1. The molecule has 4 aromatic heterocycles. The maximum absolute atomic E-state index is 14.7. The molecule has 1 aliphatic heterocycles. The van der Waals surface area contributed by atoms with Crippen LogP contribution in [-0.4, -0.2) is 54.4 Å². The van der Waals surface area contributed by atoms with Crippen LogP contribution in [0.5, 0.6) is 0 Å². The number of aromatic nitrogens is 4. The fraction of sp³-hybridized carbons (Fsp3) is 0.161. The molecular formula is C31H24F2N6O4S. The summed E-state index contributed by atoms with van der Waals surface area (Å²) in [5, 5.41) is 12.3. The van der Waals surface area contributed by atoms with E-state index in [-0.39, 0.29) is 39.9 Å². The van der Waals surface area contributed by atoms with Crippen molar-refractivity contribution < 1.29 is 26.4 Å². The number of nitrogens with zero attached hydrogens (tertiary/aromatic N) is 5. The van der Waals surface area contributed by atoms with Gasteiger partial charge in [-0.3, -0.25) is 9.10 Å². The predicted octanol–water partition coefficient (Wildman–Crippen LogP) is 5.16. The Morgan fingerprint density at radius 3 is 2.52 bits per heavy atom. The molecular weight excluding hydrogens is 590 g/mol. The lowest BCUT2D eigenvalue weighted by Crippen LogP contribution is -2.26. The van der Waals surface area contributed by atoms with Gasteiger partial charge in [0.2, 0.25) is 15.7 Å². The highest BCUT2D eigenvalue weighted by atomic mass is 32.2. The van der Waals surface area contributed by atoms with E-state index in [0.29, 0.717) is 35.0 Å². The normalized spacial score (nSPS) is 12.8. The zero-order valence-corrected chi connectivity index (χ0v) is 24.5. The first-order chi connectivity index (χ1) is 21.0. The number of fused-ring (bicyclic) bond motifs is 6. The van der Waals surface area contributed by atoms with Crippen LogP contribution in [0.25, 0.3) is 55.8 Å². The van der Waals surface area contributed by atoms with Gasteiger partial charge >= 0.3 is 0 Å². The summed E-state index contributed by atoms with van der Waals surface area (Å²) in [6.45, 7) is 0.593. The number of furan rings is 1. The molecule has 0 aliphatic carbocycles. The summed E-state index contributed by atoms with van der Waals surface area (Å²) in [5.41, 5.74) is 4.06. The summed E-state index contributed by atoms with van der Waals surface area (Å²) in [7, 11) is -0.995. The smallest absolute Gasteiger partial charge is 0.255 e. The van der Waals surface area contributed by atoms with Crippen molar-refractivity contribution in [3.63, 3.8) is 0 Å². The molecule has 13 heteroatoms. The second-order valence-corrected chi connectivity index (χ2v) is 12.5. The summed E-state index contributed by atoms with van der Waals surface area (Å²) in [5.74, 6) is -1.14. The molecule has 0 bridgehead atoms. The van der Waals surface area contributed by atoms with E-state index in [2.05, 4.69) is 20.5 Å². The molecule has 7 rings (SSSR count). The van der Waals surface area contributed by atoms with E-state index in [9.17, 15) is 22.0 Å². The highest BCUT2D eigenvalue weighted by Crippen LogP contribution is 2.41. The van der Waals surface area contributed by atoms with Crippen LogP contribution in [0, 0.1) is 11.6 Å². The van der Waals surface area contributed by atoms with Crippen molar-refractivity contribution in [1.82, 2.24) is 25.1 Å². The minimum absolute atomic E-state index is 0.000453. The first-order valence-electron chi connectivity index (χ1n) is 13.6. The molecule has 2 aromatic carbocycles. The molecule has 0 saturated carbocycles. The van der Waals surface area contributed by atoms with E-state index in [0.717, 1.165) is 27.3 Å². The number of halogens is 2. The standard InChI is InChI=1S/C31H24F2N6O4S/c1-34-30(40)27-21-13-20(29(38(2)44(3,41)42)35-31(21)43-28(27)16-7-9-17(32)10-8-16)24-14-19-23(36-37-24)11-12-39-25-6-4-5-22(33)18(25)15-26(19)39/h4-10,13-15H,11-12H2,1-3H3,(H,34,40). The number of carbonyl (C=O) groups excluding carboxylic acids is 1. The Morgan fingerprint density at radius 1 is 1.02 bits per heavy atom. The van der Waals surface area contributed by atoms with Gasteiger partial charge < -0.3 is 14.3 Å². The van der Waals surface area contributed by atoms with Crippen LogP contribution in [0.2, 0.25) is 0 Å². The number of pyridine rings is 1. The zero-order valence-electron chi connectivity index (χ0n) is 23.7. The molecule has 1 N–H and O–H groups in total. The predicted molar refractivity (Wildman–Crippen MR) is 162 cm³/mol. The maximum atomic E-state index is 14.7. The molecule has 1 amide bonds. The van der Waals surface area contributed by atoms with Gasteiger partial charge in [0, 0.05) is 49.1 Å². The molecule has 0 radical (unpaired) electrons. The first-order valence-corrected chi connectivity index (χ1v) is 15.4. The van der Waals surface area contributed by atoms with Gasteiger partial charge in [0.05, 0.1) is 39.8 Å². The molecule has 44 heavy (non-hydrogen) atoms. The second kappa shape index (κ2) is 9.95. The molecule has 222 valence electrons. The van der Waals surface area contributed by atoms with Gasteiger partial charge in [0.15, 0.2) is 5.82 Å². The minimum Gasteiger partial charge on any atom is -0.437 e. The van der Waals surface area contributed by atoms with Crippen molar-refractivity contribution in [2.75, 3.05) is 24.7 Å². The average Bonchev–Trinajstić information content (AvgIpc) is 3.59. The fourth-order valence-electron chi connectivity index (χ4n) is 5.64. The monoisotopic (exact) mass is 614 g/mol. The number of hydrogen-bond acceptors (Lipinski definition) is 7. The van der Waals surface area contributed by atoms with Crippen molar-refractivity contribution in [3.05, 3.63) is 83.6 Å². The van der Waals surface area contributed by atoms with E-state index in [1.54, 1.807) is 24.3 Å². The van der Waals surface area contributed by atoms with E-state index in [1.165, 1.54) is 44.4 Å². The maximum Gasteiger partial charge on any atom is 0.255 e. The molecule has 5 heterocycles. The Kier molecular flexibility index (Phi) is 6.25. The van der Waals surface area contributed by atoms with Gasteiger partial charge in [-0.15, -0.1) is 0 Å². The van der Waals surface area contributed by atoms with Crippen LogP contribution in [0.4, 0.5) is 14.6 Å². The molecule has 6 aromatic rings. The molecule has 0 atom stereocenters. The Balaban J connectivity index is 1.50. The highest BCUT2D eigenvalue weighted by Gasteiger charge is 2.29. The van der Waals surface area contributed by atoms with Crippen molar-refractivity contribution in [1.29, 1.82) is 0 Å². The van der Waals surface area contributed by atoms with Crippen molar-refractivity contribution >= 4 is 43.8 Å². The van der Waals surface area contributed by atoms with Gasteiger partial charge in [0.1, 0.15) is 17.4 Å². The van der Waals surface area contributed by atoms with Gasteiger partial charge in [-0.25, -0.2) is 17.2 Å². The topological polar surface area (TPSA) is 123 Å². The molecule has 1 aliphatic rings. The van der Waals surface area contributed by atoms with Gasteiger partial charge in [-0.05, 0) is 54.6 Å². The third kappa shape index (κ3) is 4.30. The Morgan fingerprint density at radius 2 is 1.80 bits per heavy atom. The first kappa shape index (κ1) is 27.7. The van der Waals surface area contributed by atoms with E-state index in [1.807, 2.05) is 10.6 Å². The fourth-order valence-corrected chi connectivity index (χ4v) is 6.09. The summed E-state index contributed by atoms with van der Waals surface area (Å²) in [4.78, 5) is 17.7. The van der Waals surface area contributed by atoms with E-state index in [4.69, 9.17) is 4.42 Å². The quantitative estimate of drug-likeness (QED) is 0.285. The van der Waals surface area contributed by atoms with Gasteiger partial charge in [-0.1, -0.05) is 6.07 Å². The number of nitrogens with one attached hydrogen (secondary N) is 1. The zero-order chi connectivity index (χ0) is 30.9. The Labute approximate surface area is 250 Å². The molecule has 0 saturated heterocycles. The number of rotatable bonds is 5. The van der Waals surface area contributed by atoms with Gasteiger partial charge in [-0.2, -0.15) is 15.2 Å². The summed E-state index contributed by atoms with van der Waals surface area (Å²) >= 11 is 0. The van der Waals surface area contributed by atoms with Crippen LogP contribution in [0.1, 0.15) is 16.1 Å². The highest BCUT2D eigenvalue weighted by molar-refractivity contribution is 7.92. The number of hydrogen-bond donors (Lipinski definition) is 1. The number of amides is 1. The van der Waals surface area contributed by atoms with Crippen molar-refractivity contribution in [2.24, 2.45) is 0 Å². The number of carbonyl (C=O) groups is 1. The average molecular weight is 615 g/mol. The van der Waals surface area contributed by atoms with Gasteiger partial charge in [0.25, 0.3) is 5.91 Å². The lowest BCUT2D eigenvalue weighted by Gasteiger charge is -2.21. The lowest BCUT2D eigenvalue weighted by molar-refractivity contribution is 0.0964. The molecule has 0 fully saturated rings.